The molecule has 3 nitrogen and oxygen atoms in total. The average molecular weight is 303 g/mol. The van der Waals surface area contributed by atoms with Crippen LogP contribution in [0.5, 0.6) is 0 Å². The molecule has 1 radical (unpaired) electrons. The second kappa shape index (κ2) is 6.76. The van der Waals surface area contributed by atoms with Crippen LogP contribution in [0.4, 0.5) is 13.2 Å². The highest BCUT2D eigenvalue weighted by Crippen LogP contribution is 2.29. The van der Waals surface area contributed by atoms with Gasteiger partial charge >= 0.3 is 6.18 Å². The van der Waals surface area contributed by atoms with Crippen LogP contribution in [-0.2, 0) is 17.6 Å². The largest absolute Gasteiger partial charge is 0.416 e. The van der Waals surface area contributed by atoms with Gasteiger partial charge in [-0.3, -0.25) is 0 Å². The highest BCUT2D eigenvalue weighted by molar-refractivity contribution is 5.82. The summed E-state index contributed by atoms with van der Waals surface area (Å²) in [6.45, 7) is -0.119. The van der Waals surface area contributed by atoms with Gasteiger partial charge in [0.2, 0.25) is 0 Å². The maximum absolute atomic E-state index is 12.6. The molecule has 2 aromatic rings. The van der Waals surface area contributed by atoms with Gasteiger partial charge in [-0.15, -0.1) is 0 Å². The zero-order valence-electron chi connectivity index (χ0n) is 11.3. The van der Waals surface area contributed by atoms with Crippen molar-refractivity contribution < 1.29 is 18.0 Å². The van der Waals surface area contributed by atoms with Crippen molar-refractivity contribution in [2.45, 2.75) is 12.8 Å². The molecular formula is C16H10F3N2O. The summed E-state index contributed by atoms with van der Waals surface area (Å²) in [6.07, 6.45) is -1.85. The fraction of sp³-hybridized carbons (Fsp3) is 0.125. The fourth-order valence-electron chi connectivity index (χ4n) is 1.70. The van der Waals surface area contributed by atoms with Gasteiger partial charge in [-0.25, -0.2) is 0 Å². The lowest BCUT2D eigenvalue weighted by molar-refractivity contribution is -0.137. The van der Waals surface area contributed by atoms with Crippen molar-refractivity contribution in [3.8, 4) is 6.07 Å². The van der Waals surface area contributed by atoms with Crippen LogP contribution >= 0.6 is 0 Å². The Bertz CT molecular complexity index is 718. The van der Waals surface area contributed by atoms with E-state index in [1.54, 1.807) is 24.3 Å². The van der Waals surface area contributed by atoms with Gasteiger partial charge in [-0.2, -0.15) is 18.4 Å². The van der Waals surface area contributed by atoms with E-state index in [9.17, 15) is 13.2 Å². The summed E-state index contributed by atoms with van der Waals surface area (Å²) in [5.74, 6) is 0. The smallest absolute Gasteiger partial charge is 0.390 e. The third-order valence-corrected chi connectivity index (χ3v) is 2.76. The zero-order chi connectivity index (χ0) is 16.0. The molecular weight excluding hydrogens is 293 g/mol. The summed E-state index contributed by atoms with van der Waals surface area (Å²) >= 11 is 0. The van der Waals surface area contributed by atoms with Gasteiger partial charge in [0.15, 0.2) is 0 Å². The minimum absolute atomic E-state index is 0.119. The maximum atomic E-state index is 12.6. The van der Waals surface area contributed by atoms with E-state index in [0.717, 1.165) is 12.1 Å². The van der Waals surface area contributed by atoms with E-state index in [1.807, 2.05) is 6.07 Å². The second-order valence-electron chi connectivity index (χ2n) is 4.33. The van der Waals surface area contributed by atoms with Gasteiger partial charge in [0.05, 0.1) is 17.2 Å². The van der Waals surface area contributed by atoms with Gasteiger partial charge in [-0.05, 0) is 23.8 Å². The van der Waals surface area contributed by atoms with Gasteiger partial charge in [-0.1, -0.05) is 35.5 Å². The van der Waals surface area contributed by atoms with Gasteiger partial charge in [0.25, 0.3) is 0 Å². The minimum Gasteiger partial charge on any atom is -0.390 e. The van der Waals surface area contributed by atoms with Gasteiger partial charge < -0.3 is 4.84 Å². The third-order valence-electron chi connectivity index (χ3n) is 2.76. The summed E-state index contributed by atoms with van der Waals surface area (Å²) in [7, 11) is 0. The molecule has 0 aliphatic rings. The molecule has 0 aromatic heterocycles. The Morgan fingerprint density at radius 1 is 1.05 bits per heavy atom. The van der Waals surface area contributed by atoms with Gasteiger partial charge in [0, 0.05) is 5.56 Å². The van der Waals surface area contributed by atoms with Crippen molar-refractivity contribution in [1.82, 2.24) is 0 Å². The van der Waals surface area contributed by atoms with Crippen molar-refractivity contribution in [1.29, 1.82) is 5.26 Å². The van der Waals surface area contributed by atoms with Crippen LogP contribution in [-0.4, -0.2) is 6.21 Å². The molecule has 0 saturated carbocycles. The van der Waals surface area contributed by atoms with E-state index in [1.165, 1.54) is 12.1 Å². The average Bonchev–Trinajstić information content (AvgIpc) is 2.51. The van der Waals surface area contributed by atoms with Crippen LogP contribution in [0.2, 0.25) is 0 Å². The second-order valence-corrected chi connectivity index (χ2v) is 4.33. The first-order valence-electron chi connectivity index (χ1n) is 6.24. The highest BCUT2D eigenvalue weighted by atomic mass is 19.4. The Kier molecular flexibility index (Phi) is 4.79. The van der Waals surface area contributed by atoms with Crippen LogP contribution < -0.4 is 0 Å². The topological polar surface area (TPSA) is 45.4 Å². The zero-order valence-corrected chi connectivity index (χ0v) is 11.3. The normalized spacial score (nSPS) is 11.4. The molecule has 111 valence electrons. The Labute approximate surface area is 125 Å². The van der Waals surface area contributed by atoms with Crippen molar-refractivity contribution in [2.75, 3.05) is 0 Å². The number of nitrogens with zero attached hydrogens (tertiary/aromatic N) is 2. The molecule has 22 heavy (non-hydrogen) atoms. The molecule has 0 spiro atoms. The summed E-state index contributed by atoms with van der Waals surface area (Å²) in [4.78, 5) is 4.93. The summed E-state index contributed by atoms with van der Waals surface area (Å²) in [5, 5.41) is 12.4. The molecule has 0 unspecified atom stereocenters. The highest BCUT2D eigenvalue weighted by Gasteiger charge is 2.30. The maximum Gasteiger partial charge on any atom is 0.416 e. The number of benzene rings is 2. The lowest BCUT2D eigenvalue weighted by Crippen LogP contribution is -2.05. The Morgan fingerprint density at radius 3 is 2.45 bits per heavy atom. The van der Waals surface area contributed by atoms with E-state index >= 15 is 0 Å². The third kappa shape index (κ3) is 4.09. The number of rotatable bonds is 4. The Balaban J connectivity index is 2.00. The SMILES string of the molecule is N#Cc1ccccc1/[C]=N\OCc1cccc(C(F)(F)F)c1. The fourth-order valence-corrected chi connectivity index (χ4v) is 1.70. The lowest BCUT2D eigenvalue weighted by Gasteiger charge is -2.07. The van der Waals surface area contributed by atoms with E-state index in [2.05, 4.69) is 11.4 Å². The number of nitriles is 1. The van der Waals surface area contributed by atoms with Crippen LogP contribution in [0, 0.1) is 11.3 Å². The first kappa shape index (κ1) is 15.6. The van der Waals surface area contributed by atoms with Crippen LogP contribution in [0.15, 0.2) is 53.7 Å². The number of hydrogen-bond acceptors (Lipinski definition) is 3. The molecule has 2 aromatic carbocycles. The molecule has 0 atom stereocenters. The van der Waals surface area contributed by atoms with Crippen LogP contribution in [0.1, 0.15) is 22.3 Å². The first-order valence-corrected chi connectivity index (χ1v) is 6.24. The molecule has 6 heteroatoms. The van der Waals surface area contributed by atoms with Gasteiger partial charge in [0.1, 0.15) is 12.8 Å². The number of alkyl halides is 3. The predicted octanol–water partition coefficient (Wildman–Crippen LogP) is 4.00. The van der Waals surface area contributed by atoms with Crippen LogP contribution in [0.25, 0.3) is 0 Å². The molecule has 0 aliphatic carbocycles. The molecule has 0 amide bonds. The Hall–Kier alpha value is -2.81. The molecule has 0 N–H and O–H groups in total. The van der Waals surface area contributed by atoms with Crippen molar-refractivity contribution in [3.05, 3.63) is 70.8 Å². The van der Waals surface area contributed by atoms with Crippen molar-refractivity contribution in [2.24, 2.45) is 5.16 Å². The first-order chi connectivity index (χ1) is 10.5. The van der Waals surface area contributed by atoms with E-state index in [-0.39, 0.29) is 6.61 Å². The monoisotopic (exact) mass is 303 g/mol. The van der Waals surface area contributed by atoms with E-state index in [4.69, 9.17) is 10.1 Å². The Morgan fingerprint density at radius 2 is 1.77 bits per heavy atom. The van der Waals surface area contributed by atoms with Crippen molar-refractivity contribution in [3.63, 3.8) is 0 Å². The molecule has 0 fully saturated rings. The summed E-state index contributed by atoms with van der Waals surface area (Å²) < 4.78 is 37.7. The van der Waals surface area contributed by atoms with Crippen LogP contribution in [0.3, 0.4) is 0 Å². The quantitative estimate of drug-likeness (QED) is 0.633. The lowest BCUT2D eigenvalue weighted by atomic mass is 10.1. The number of hydrogen-bond donors (Lipinski definition) is 0. The predicted molar refractivity (Wildman–Crippen MR) is 73.9 cm³/mol. The standard InChI is InChI=1S/C16H10F3N2O/c17-16(18,19)15-7-3-4-12(8-15)11-22-21-10-14-6-2-1-5-13(14)9-20/h1-8H,11H2. The number of halogens is 3. The summed E-state index contributed by atoms with van der Waals surface area (Å²) in [6, 6.07) is 13.4. The molecule has 0 aliphatic heterocycles. The molecule has 0 bridgehead atoms. The summed E-state index contributed by atoms with van der Waals surface area (Å²) in [5.41, 5.74) is 0.438. The minimum atomic E-state index is -4.39. The van der Waals surface area contributed by atoms with Crippen molar-refractivity contribution >= 4 is 6.21 Å². The molecule has 0 saturated heterocycles. The van der Waals surface area contributed by atoms with E-state index in [0.29, 0.717) is 16.7 Å². The van der Waals surface area contributed by atoms with E-state index < -0.39 is 11.7 Å². The molecule has 0 heterocycles. The molecule has 2 rings (SSSR count).